The number of fused-ring (bicyclic) bond motifs is 1. The maximum atomic E-state index is 13.5. The molecule has 1 amide bonds. The lowest BCUT2D eigenvalue weighted by Gasteiger charge is -2.35. The molecule has 4 rings (SSSR count). The van der Waals surface area contributed by atoms with E-state index in [1.54, 1.807) is 7.11 Å². The van der Waals surface area contributed by atoms with Crippen molar-refractivity contribution in [2.24, 2.45) is 0 Å². The van der Waals surface area contributed by atoms with Crippen LogP contribution in [0.3, 0.4) is 0 Å². The molecule has 6 heteroatoms. The summed E-state index contributed by atoms with van der Waals surface area (Å²) < 4.78 is 10.7. The van der Waals surface area contributed by atoms with Crippen LogP contribution >= 0.6 is 0 Å². The molecule has 146 valence electrons. The van der Waals surface area contributed by atoms with Gasteiger partial charge in [-0.3, -0.25) is 4.79 Å². The van der Waals surface area contributed by atoms with Crippen LogP contribution in [0.5, 0.6) is 5.75 Å². The first kappa shape index (κ1) is 18.5. The molecule has 2 aromatic heterocycles. The molecule has 0 saturated carbocycles. The van der Waals surface area contributed by atoms with E-state index in [9.17, 15) is 4.79 Å². The molecule has 1 atom stereocenters. The first-order chi connectivity index (χ1) is 13.6. The fraction of sp³-hybridized carbons (Fsp3) is 0.409. The van der Waals surface area contributed by atoms with Gasteiger partial charge >= 0.3 is 0 Å². The highest BCUT2D eigenvalue weighted by Crippen LogP contribution is 2.30. The lowest BCUT2D eigenvalue weighted by Crippen LogP contribution is -2.43. The molecule has 1 aliphatic heterocycles. The Labute approximate surface area is 164 Å². The van der Waals surface area contributed by atoms with Gasteiger partial charge in [-0.2, -0.15) is 0 Å². The standard InChI is InChI=1S/C22H25N3O3/c1-4-16-7-5-6-12-25(16)22(26)18-13-19(15-8-10-17(27-3)11-9-15)23-21-20(18)14(2)24-28-21/h8-11,13,16H,4-7,12H2,1-3H3. The van der Waals surface area contributed by atoms with Crippen molar-refractivity contribution in [3.8, 4) is 17.0 Å². The van der Waals surface area contributed by atoms with Crippen molar-refractivity contribution >= 4 is 17.0 Å². The van der Waals surface area contributed by atoms with E-state index in [0.29, 0.717) is 28.1 Å². The minimum Gasteiger partial charge on any atom is -0.497 e. The molecule has 1 fully saturated rings. The van der Waals surface area contributed by atoms with Gasteiger partial charge < -0.3 is 14.2 Å². The number of aromatic nitrogens is 2. The molecule has 0 bridgehead atoms. The number of likely N-dealkylation sites (tertiary alicyclic amines) is 1. The SMILES string of the molecule is CCC1CCCCN1C(=O)c1cc(-c2ccc(OC)cc2)nc2onc(C)c12. The Bertz CT molecular complexity index is 994. The minimum atomic E-state index is 0.0417. The largest absolute Gasteiger partial charge is 0.497 e. The highest BCUT2D eigenvalue weighted by molar-refractivity contribution is 6.07. The van der Waals surface area contributed by atoms with Crippen molar-refractivity contribution in [3.63, 3.8) is 0 Å². The summed E-state index contributed by atoms with van der Waals surface area (Å²) >= 11 is 0. The van der Waals surface area contributed by atoms with Crippen molar-refractivity contribution in [3.05, 3.63) is 41.6 Å². The van der Waals surface area contributed by atoms with Crippen LogP contribution in [0, 0.1) is 6.92 Å². The fourth-order valence-electron chi connectivity index (χ4n) is 4.02. The molecule has 0 N–H and O–H groups in total. The van der Waals surface area contributed by atoms with E-state index in [2.05, 4.69) is 17.1 Å². The molecule has 1 aromatic carbocycles. The number of ether oxygens (including phenoxy) is 1. The number of amides is 1. The molecule has 0 radical (unpaired) electrons. The molecule has 3 aromatic rings. The highest BCUT2D eigenvalue weighted by Gasteiger charge is 2.29. The molecule has 3 heterocycles. The Hall–Kier alpha value is -2.89. The van der Waals surface area contributed by atoms with Crippen LogP contribution in [0.15, 0.2) is 34.9 Å². The zero-order valence-corrected chi connectivity index (χ0v) is 16.6. The normalized spacial score (nSPS) is 17.1. The lowest BCUT2D eigenvalue weighted by molar-refractivity contribution is 0.0610. The number of rotatable bonds is 4. The fourth-order valence-corrected chi connectivity index (χ4v) is 4.02. The first-order valence-corrected chi connectivity index (χ1v) is 9.84. The zero-order chi connectivity index (χ0) is 19.7. The van der Waals surface area contributed by atoms with Gasteiger partial charge in [-0.05, 0) is 62.9 Å². The van der Waals surface area contributed by atoms with E-state index in [1.165, 1.54) is 6.42 Å². The van der Waals surface area contributed by atoms with Gasteiger partial charge in [-0.1, -0.05) is 12.1 Å². The van der Waals surface area contributed by atoms with Gasteiger partial charge in [0.05, 0.1) is 29.4 Å². The quantitative estimate of drug-likeness (QED) is 0.662. The number of nitrogens with zero attached hydrogens (tertiary/aromatic N) is 3. The van der Waals surface area contributed by atoms with Gasteiger partial charge in [0, 0.05) is 18.2 Å². The maximum absolute atomic E-state index is 13.5. The molecule has 6 nitrogen and oxygen atoms in total. The number of pyridine rings is 1. The number of aryl methyl sites for hydroxylation is 1. The first-order valence-electron chi connectivity index (χ1n) is 9.84. The lowest BCUT2D eigenvalue weighted by atomic mass is 9.97. The summed E-state index contributed by atoms with van der Waals surface area (Å²) in [5.41, 5.74) is 3.31. The van der Waals surface area contributed by atoms with E-state index in [4.69, 9.17) is 9.26 Å². The zero-order valence-electron chi connectivity index (χ0n) is 16.6. The number of carbonyl (C=O) groups excluding carboxylic acids is 1. The van der Waals surface area contributed by atoms with Crippen LogP contribution < -0.4 is 4.74 Å². The smallest absolute Gasteiger partial charge is 0.259 e. The topological polar surface area (TPSA) is 68.5 Å². The number of hydrogen-bond donors (Lipinski definition) is 0. The van der Waals surface area contributed by atoms with Gasteiger partial charge in [-0.15, -0.1) is 0 Å². The van der Waals surface area contributed by atoms with E-state index in [0.717, 1.165) is 37.1 Å². The number of piperidine rings is 1. The Morgan fingerprint density at radius 3 is 2.79 bits per heavy atom. The third-order valence-corrected chi connectivity index (χ3v) is 5.59. The van der Waals surface area contributed by atoms with Crippen LogP contribution in [0.4, 0.5) is 0 Å². The third kappa shape index (κ3) is 3.23. The summed E-state index contributed by atoms with van der Waals surface area (Å²) in [4.78, 5) is 20.2. The van der Waals surface area contributed by atoms with Crippen LogP contribution in [-0.4, -0.2) is 40.6 Å². The maximum Gasteiger partial charge on any atom is 0.259 e. The molecule has 1 aliphatic rings. The Morgan fingerprint density at radius 2 is 2.07 bits per heavy atom. The molecular weight excluding hydrogens is 354 g/mol. The van der Waals surface area contributed by atoms with E-state index in [-0.39, 0.29) is 11.9 Å². The molecule has 1 unspecified atom stereocenters. The van der Waals surface area contributed by atoms with Crippen molar-refractivity contribution in [1.82, 2.24) is 15.0 Å². The highest BCUT2D eigenvalue weighted by atomic mass is 16.5. The summed E-state index contributed by atoms with van der Waals surface area (Å²) in [5, 5.41) is 4.77. The van der Waals surface area contributed by atoms with Crippen LogP contribution in [0.1, 0.15) is 48.7 Å². The Morgan fingerprint density at radius 1 is 1.29 bits per heavy atom. The van der Waals surface area contributed by atoms with Crippen molar-refractivity contribution < 1.29 is 14.1 Å². The van der Waals surface area contributed by atoms with E-state index >= 15 is 0 Å². The van der Waals surface area contributed by atoms with Gasteiger partial charge in [0.25, 0.3) is 11.6 Å². The molecular formula is C22H25N3O3. The minimum absolute atomic E-state index is 0.0417. The summed E-state index contributed by atoms with van der Waals surface area (Å²) in [5.74, 6) is 0.816. The van der Waals surface area contributed by atoms with Crippen LogP contribution in [-0.2, 0) is 0 Å². The molecule has 0 spiro atoms. The predicted molar refractivity (Wildman–Crippen MR) is 107 cm³/mol. The second-order valence-electron chi connectivity index (χ2n) is 7.29. The molecule has 28 heavy (non-hydrogen) atoms. The summed E-state index contributed by atoms with van der Waals surface area (Å²) in [6.45, 7) is 4.79. The number of benzene rings is 1. The Balaban J connectivity index is 1.81. The predicted octanol–water partition coefficient (Wildman–Crippen LogP) is 4.61. The number of hydrogen-bond acceptors (Lipinski definition) is 5. The van der Waals surface area contributed by atoms with Crippen LogP contribution in [0.25, 0.3) is 22.4 Å². The van der Waals surface area contributed by atoms with Gasteiger partial charge in [-0.25, -0.2) is 4.98 Å². The third-order valence-electron chi connectivity index (χ3n) is 5.59. The second-order valence-corrected chi connectivity index (χ2v) is 7.29. The molecule has 1 saturated heterocycles. The average molecular weight is 379 g/mol. The molecule has 0 aliphatic carbocycles. The van der Waals surface area contributed by atoms with Crippen molar-refractivity contribution in [2.75, 3.05) is 13.7 Å². The van der Waals surface area contributed by atoms with E-state index < -0.39 is 0 Å². The summed E-state index contributed by atoms with van der Waals surface area (Å²) in [6.07, 6.45) is 4.25. The average Bonchev–Trinajstić information content (AvgIpc) is 3.13. The second kappa shape index (κ2) is 7.62. The van der Waals surface area contributed by atoms with Crippen molar-refractivity contribution in [1.29, 1.82) is 0 Å². The Kier molecular flexibility index (Phi) is 5.03. The van der Waals surface area contributed by atoms with Crippen LogP contribution in [0.2, 0.25) is 0 Å². The summed E-state index contributed by atoms with van der Waals surface area (Å²) in [7, 11) is 1.64. The van der Waals surface area contributed by atoms with Gasteiger partial charge in [0.15, 0.2) is 0 Å². The van der Waals surface area contributed by atoms with Gasteiger partial charge in [0.1, 0.15) is 5.75 Å². The van der Waals surface area contributed by atoms with Crippen molar-refractivity contribution in [2.45, 2.75) is 45.6 Å². The van der Waals surface area contributed by atoms with Gasteiger partial charge in [0.2, 0.25) is 0 Å². The number of carbonyl (C=O) groups is 1. The van der Waals surface area contributed by atoms with E-state index in [1.807, 2.05) is 42.2 Å². The summed E-state index contributed by atoms with van der Waals surface area (Å²) in [6, 6.07) is 9.78. The number of methoxy groups -OCH3 is 1. The monoisotopic (exact) mass is 379 g/mol.